The smallest absolute Gasteiger partial charge is 0.180 e. The highest BCUT2D eigenvalue weighted by Crippen LogP contribution is 2.18. The lowest BCUT2D eigenvalue weighted by Crippen LogP contribution is -2.03. The third-order valence-electron chi connectivity index (χ3n) is 3.04. The van der Waals surface area contributed by atoms with Gasteiger partial charge in [0.15, 0.2) is 5.82 Å². The number of hydrogen-bond donors (Lipinski definition) is 1. The minimum Gasteiger partial charge on any atom is -0.370 e. The minimum atomic E-state index is 0.650. The average molecular weight is 264 g/mol. The van der Waals surface area contributed by atoms with Crippen LogP contribution in [0, 0.1) is 0 Å². The highest BCUT2D eigenvalue weighted by Gasteiger charge is 2.05. The van der Waals surface area contributed by atoms with E-state index in [0.29, 0.717) is 5.82 Å². The summed E-state index contributed by atoms with van der Waals surface area (Å²) in [7, 11) is 0. The average Bonchev–Trinajstić information content (AvgIpc) is 2.53. The van der Waals surface area contributed by atoms with Crippen molar-refractivity contribution in [1.82, 2.24) is 15.0 Å². The summed E-state index contributed by atoms with van der Waals surface area (Å²) in [4.78, 5) is 13.4. The molecular weight excluding hydrogens is 248 g/mol. The lowest BCUT2D eigenvalue weighted by molar-refractivity contribution is 0.965. The largest absolute Gasteiger partial charge is 0.370 e. The second-order valence-corrected chi connectivity index (χ2v) is 4.58. The molecule has 2 aromatic heterocycles. The summed E-state index contributed by atoms with van der Waals surface area (Å²) in [6.07, 6.45) is 2.82. The maximum absolute atomic E-state index is 4.61. The van der Waals surface area contributed by atoms with Gasteiger partial charge in [-0.2, -0.15) is 0 Å². The minimum absolute atomic E-state index is 0.650. The van der Waals surface area contributed by atoms with E-state index in [1.807, 2.05) is 42.5 Å². The first-order chi connectivity index (χ1) is 9.86. The van der Waals surface area contributed by atoms with E-state index < -0.39 is 0 Å². The van der Waals surface area contributed by atoms with E-state index in [1.54, 1.807) is 6.20 Å². The molecule has 2 heterocycles. The molecule has 20 heavy (non-hydrogen) atoms. The summed E-state index contributed by atoms with van der Waals surface area (Å²) in [5.74, 6) is 1.49. The van der Waals surface area contributed by atoms with Crippen LogP contribution in [0.1, 0.15) is 13.3 Å². The van der Waals surface area contributed by atoms with Crippen LogP contribution in [-0.4, -0.2) is 21.5 Å². The molecular formula is C16H16N4. The van der Waals surface area contributed by atoms with Crippen LogP contribution in [0.5, 0.6) is 0 Å². The van der Waals surface area contributed by atoms with Crippen molar-refractivity contribution >= 4 is 16.7 Å². The summed E-state index contributed by atoms with van der Waals surface area (Å²) in [5.41, 5.74) is 1.75. The number of anilines is 1. The van der Waals surface area contributed by atoms with Crippen molar-refractivity contribution in [2.45, 2.75) is 13.3 Å². The molecule has 1 N–H and O–H groups in total. The van der Waals surface area contributed by atoms with Gasteiger partial charge in [0.1, 0.15) is 11.5 Å². The number of fused-ring (bicyclic) bond motifs is 1. The quantitative estimate of drug-likeness (QED) is 0.783. The lowest BCUT2D eigenvalue weighted by atomic mass is 10.2. The number of para-hydroxylation sites is 1. The Morgan fingerprint density at radius 3 is 2.80 bits per heavy atom. The SMILES string of the molecule is CCCNc1ccnc(-c2ccc3ccccc3n2)n1. The van der Waals surface area contributed by atoms with Gasteiger partial charge >= 0.3 is 0 Å². The van der Waals surface area contributed by atoms with E-state index in [4.69, 9.17) is 0 Å². The Labute approximate surface area is 117 Å². The molecule has 4 heteroatoms. The fourth-order valence-electron chi connectivity index (χ4n) is 2.02. The standard InChI is InChI=1S/C16H16N4/c1-2-10-17-15-9-11-18-16(20-15)14-8-7-12-5-3-4-6-13(12)19-14/h3-9,11H,2,10H2,1H3,(H,17,18,20). The number of pyridine rings is 1. The van der Waals surface area contributed by atoms with Crippen molar-refractivity contribution in [2.24, 2.45) is 0 Å². The van der Waals surface area contributed by atoms with Gasteiger partial charge in [-0.1, -0.05) is 31.2 Å². The molecule has 0 aliphatic heterocycles. The number of nitrogens with zero attached hydrogens (tertiary/aromatic N) is 3. The molecule has 4 nitrogen and oxygen atoms in total. The zero-order valence-corrected chi connectivity index (χ0v) is 11.4. The molecule has 0 radical (unpaired) electrons. The summed E-state index contributed by atoms with van der Waals surface area (Å²) >= 11 is 0. The molecule has 0 amide bonds. The normalized spacial score (nSPS) is 10.7. The van der Waals surface area contributed by atoms with Gasteiger partial charge in [-0.05, 0) is 24.6 Å². The first-order valence-electron chi connectivity index (χ1n) is 6.80. The van der Waals surface area contributed by atoms with Gasteiger partial charge in [-0.25, -0.2) is 15.0 Å². The Kier molecular flexibility index (Phi) is 3.54. The van der Waals surface area contributed by atoms with E-state index in [1.165, 1.54) is 0 Å². The summed E-state index contributed by atoms with van der Waals surface area (Å²) in [5, 5.41) is 4.38. The number of hydrogen-bond acceptors (Lipinski definition) is 4. The molecule has 100 valence electrons. The van der Waals surface area contributed by atoms with E-state index in [9.17, 15) is 0 Å². The van der Waals surface area contributed by atoms with Crippen LogP contribution in [0.2, 0.25) is 0 Å². The van der Waals surface area contributed by atoms with Crippen molar-refractivity contribution in [3.05, 3.63) is 48.7 Å². The number of aromatic nitrogens is 3. The summed E-state index contributed by atoms with van der Waals surface area (Å²) < 4.78 is 0. The first kappa shape index (κ1) is 12.5. The van der Waals surface area contributed by atoms with Crippen molar-refractivity contribution in [1.29, 1.82) is 0 Å². The Bertz CT molecular complexity index is 724. The van der Waals surface area contributed by atoms with Gasteiger partial charge in [0.2, 0.25) is 0 Å². The highest BCUT2D eigenvalue weighted by atomic mass is 15.0. The number of benzene rings is 1. The van der Waals surface area contributed by atoms with Gasteiger partial charge in [0.25, 0.3) is 0 Å². The van der Waals surface area contributed by atoms with Crippen LogP contribution in [-0.2, 0) is 0 Å². The summed E-state index contributed by atoms with van der Waals surface area (Å²) in [6, 6.07) is 13.9. The Morgan fingerprint density at radius 1 is 1.00 bits per heavy atom. The molecule has 1 aromatic carbocycles. The number of nitrogens with one attached hydrogen (secondary N) is 1. The maximum Gasteiger partial charge on any atom is 0.180 e. The van der Waals surface area contributed by atoms with Crippen molar-refractivity contribution in [2.75, 3.05) is 11.9 Å². The van der Waals surface area contributed by atoms with Crippen LogP contribution in [0.25, 0.3) is 22.4 Å². The predicted molar refractivity (Wildman–Crippen MR) is 81.5 cm³/mol. The second kappa shape index (κ2) is 5.65. The van der Waals surface area contributed by atoms with Gasteiger partial charge < -0.3 is 5.32 Å². The van der Waals surface area contributed by atoms with Gasteiger partial charge in [0.05, 0.1) is 5.52 Å². The molecule has 0 unspecified atom stereocenters. The zero-order chi connectivity index (χ0) is 13.8. The van der Waals surface area contributed by atoms with Crippen LogP contribution in [0.3, 0.4) is 0 Å². The number of rotatable bonds is 4. The molecule has 0 bridgehead atoms. The van der Waals surface area contributed by atoms with Crippen molar-refractivity contribution in [3.63, 3.8) is 0 Å². The fourth-order valence-corrected chi connectivity index (χ4v) is 2.02. The first-order valence-corrected chi connectivity index (χ1v) is 6.80. The predicted octanol–water partition coefficient (Wildman–Crippen LogP) is 3.51. The summed E-state index contributed by atoms with van der Waals surface area (Å²) in [6.45, 7) is 3.03. The van der Waals surface area contributed by atoms with Crippen LogP contribution in [0.15, 0.2) is 48.7 Å². The van der Waals surface area contributed by atoms with Crippen LogP contribution >= 0.6 is 0 Å². The molecule has 0 saturated heterocycles. The highest BCUT2D eigenvalue weighted by molar-refractivity contribution is 5.80. The van der Waals surface area contributed by atoms with Gasteiger partial charge in [-0.3, -0.25) is 0 Å². The van der Waals surface area contributed by atoms with E-state index in [-0.39, 0.29) is 0 Å². The molecule has 0 fully saturated rings. The van der Waals surface area contributed by atoms with Crippen LogP contribution < -0.4 is 5.32 Å². The molecule has 0 aliphatic rings. The monoisotopic (exact) mass is 264 g/mol. The van der Waals surface area contributed by atoms with Crippen molar-refractivity contribution in [3.8, 4) is 11.5 Å². The third kappa shape index (κ3) is 2.59. The molecule has 3 rings (SSSR count). The topological polar surface area (TPSA) is 50.7 Å². The Morgan fingerprint density at radius 2 is 1.90 bits per heavy atom. The van der Waals surface area contributed by atoms with Crippen LogP contribution in [0.4, 0.5) is 5.82 Å². The van der Waals surface area contributed by atoms with E-state index in [2.05, 4.69) is 27.2 Å². The Hall–Kier alpha value is -2.49. The van der Waals surface area contributed by atoms with E-state index in [0.717, 1.165) is 35.4 Å². The lowest BCUT2D eigenvalue weighted by Gasteiger charge is -2.06. The van der Waals surface area contributed by atoms with E-state index >= 15 is 0 Å². The third-order valence-corrected chi connectivity index (χ3v) is 3.04. The fraction of sp³-hybridized carbons (Fsp3) is 0.188. The molecule has 0 atom stereocenters. The molecule has 0 spiro atoms. The molecule has 3 aromatic rings. The second-order valence-electron chi connectivity index (χ2n) is 4.58. The van der Waals surface area contributed by atoms with Gasteiger partial charge in [0, 0.05) is 18.1 Å². The van der Waals surface area contributed by atoms with Crippen molar-refractivity contribution < 1.29 is 0 Å². The van der Waals surface area contributed by atoms with Gasteiger partial charge in [-0.15, -0.1) is 0 Å². The molecule has 0 aliphatic carbocycles. The Balaban J connectivity index is 1.97. The maximum atomic E-state index is 4.61. The zero-order valence-electron chi connectivity index (χ0n) is 11.4. The molecule has 0 saturated carbocycles.